The van der Waals surface area contributed by atoms with Gasteiger partial charge in [-0.15, -0.1) is 0 Å². The Morgan fingerprint density at radius 1 is 0.667 bits per heavy atom. The van der Waals surface area contributed by atoms with Gasteiger partial charge in [-0.3, -0.25) is 0 Å². The Morgan fingerprint density at radius 3 is 1.07 bits per heavy atom. The van der Waals surface area contributed by atoms with Crippen molar-refractivity contribution in [1.29, 1.82) is 10.5 Å². The molecule has 2 aliphatic carbocycles. The first kappa shape index (κ1) is 14.5. The van der Waals surface area contributed by atoms with E-state index in [9.17, 15) is 0 Å². The zero-order valence-electron chi connectivity index (χ0n) is 9.06. The summed E-state index contributed by atoms with van der Waals surface area (Å²) >= 11 is 0. The molecule has 0 aromatic rings. The largest absolute Gasteiger partial charge is 0.198 e. The van der Waals surface area contributed by atoms with E-state index in [1.54, 1.807) is 0 Å². The van der Waals surface area contributed by atoms with Crippen molar-refractivity contribution < 1.29 is 17.1 Å². The summed E-state index contributed by atoms with van der Waals surface area (Å²) in [5.74, 6) is 0.806. The molecule has 2 fully saturated rings. The van der Waals surface area contributed by atoms with Crippen LogP contribution in [0.1, 0.15) is 51.4 Å². The van der Waals surface area contributed by atoms with Crippen LogP contribution in [0.3, 0.4) is 0 Å². The van der Waals surface area contributed by atoms with E-state index < -0.39 is 0 Å². The number of rotatable bonds is 0. The first-order valence-electron chi connectivity index (χ1n) is 5.66. The van der Waals surface area contributed by atoms with E-state index in [4.69, 9.17) is 10.5 Å². The van der Waals surface area contributed by atoms with E-state index in [0.717, 1.165) is 25.7 Å². The Hall–Kier alpha value is -0.501. The molecule has 2 saturated carbocycles. The van der Waals surface area contributed by atoms with Crippen molar-refractivity contribution in [2.75, 3.05) is 0 Å². The molecule has 0 aliphatic heterocycles. The fraction of sp³-hybridized carbons (Fsp3) is 0.833. The molecule has 0 radical (unpaired) electrons. The molecule has 0 amide bonds. The van der Waals surface area contributed by atoms with Crippen molar-refractivity contribution in [3.63, 3.8) is 0 Å². The van der Waals surface area contributed by atoms with Crippen LogP contribution in [0.15, 0.2) is 0 Å². The molecule has 2 nitrogen and oxygen atoms in total. The van der Waals surface area contributed by atoms with Gasteiger partial charge in [0.2, 0.25) is 0 Å². The van der Waals surface area contributed by atoms with Gasteiger partial charge in [-0.05, 0) is 25.7 Å². The molecule has 0 atom stereocenters. The zero-order chi connectivity index (χ0) is 10.2. The SMILES string of the molecule is N#CC1CCCC1.N#CC1CCCC1.[Fe]. The fourth-order valence-electron chi connectivity index (χ4n) is 2.11. The zero-order valence-corrected chi connectivity index (χ0v) is 10.2. The van der Waals surface area contributed by atoms with E-state index in [-0.39, 0.29) is 17.1 Å². The first-order valence-corrected chi connectivity index (χ1v) is 5.66. The molecule has 0 bridgehead atoms. The monoisotopic (exact) mass is 246 g/mol. The molecule has 15 heavy (non-hydrogen) atoms. The van der Waals surface area contributed by atoms with Crippen LogP contribution < -0.4 is 0 Å². The number of nitrogens with zero attached hydrogens (tertiary/aromatic N) is 2. The molecule has 2 rings (SSSR count). The topological polar surface area (TPSA) is 47.6 Å². The van der Waals surface area contributed by atoms with Gasteiger partial charge in [-0.1, -0.05) is 25.7 Å². The van der Waals surface area contributed by atoms with Crippen molar-refractivity contribution in [2.45, 2.75) is 51.4 Å². The summed E-state index contributed by atoms with van der Waals surface area (Å²) in [7, 11) is 0. The smallest absolute Gasteiger partial charge is 0.0655 e. The quantitative estimate of drug-likeness (QED) is 0.615. The number of nitriles is 2. The molecule has 0 saturated heterocycles. The number of hydrogen-bond acceptors (Lipinski definition) is 2. The fourth-order valence-corrected chi connectivity index (χ4v) is 2.11. The van der Waals surface area contributed by atoms with Crippen LogP contribution in [-0.4, -0.2) is 0 Å². The maximum absolute atomic E-state index is 8.32. The molecule has 84 valence electrons. The van der Waals surface area contributed by atoms with Crippen molar-refractivity contribution in [1.82, 2.24) is 0 Å². The second-order valence-electron chi connectivity index (χ2n) is 4.22. The summed E-state index contributed by atoms with van der Waals surface area (Å²) < 4.78 is 0. The summed E-state index contributed by atoms with van der Waals surface area (Å²) in [6.07, 6.45) is 9.70. The van der Waals surface area contributed by atoms with Crippen LogP contribution >= 0.6 is 0 Å². The maximum atomic E-state index is 8.32. The Labute approximate surface area is 103 Å². The van der Waals surface area contributed by atoms with Crippen LogP contribution in [0.25, 0.3) is 0 Å². The minimum atomic E-state index is 0. The Kier molecular flexibility index (Phi) is 8.49. The van der Waals surface area contributed by atoms with E-state index in [1.165, 1.54) is 25.7 Å². The summed E-state index contributed by atoms with van der Waals surface area (Å²) in [6.45, 7) is 0. The number of hydrogen-bond donors (Lipinski definition) is 0. The summed E-state index contributed by atoms with van der Waals surface area (Å²) in [4.78, 5) is 0. The van der Waals surface area contributed by atoms with Gasteiger partial charge in [-0.2, -0.15) is 10.5 Å². The molecular weight excluding hydrogens is 228 g/mol. The summed E-state index contributed by atoms with van der Waals surface area (Å²) in [5, 5.41) is 16.6. The predicted octanol–water partition coefficient (Wildman–Crippen LogP) is 3.40. The van der Waals surface area contributed by atoms with E-state index in [0.29, 0.717) is 11.8 Å². The molecule has 0 spiro atoms. The molecule has 3 heteroatoms. The van der Waals surface area contributed by atoms with Crippen LogP contribution in [0.5, 0.6) is 0 Å². The molecular formula is C12H18FeN2. The van der Waals surface area contributed by atoms with Crippen molar-refractivity contribution in [2.24, 2.45) is 11.8 Å². The van der Waals surface area contributed by atoms with E-state index >= 15 is 0 Å². The van der Waals surface area contributed by atoms with Gasteiger partial charge in [0.25, 0.3) is 0 Å². The molecule has 2 aliphatic rings. The van der Waals surface area contributed by atoms with Gasteiger partial charge in [0.1, 0.15) is 0 Å². The second-order valence-corrected chi connectivity index (χ2v) is 4.22. The summed E-state index contributed by atoms with van der Waals surface area (Å²) in [5.41, 5.74) is 0. The van der Waals surface area contributed by atoms with Gasteiger partial charge < -0.3 is 0 Å². The maximum Gasteiger partial charge on any atom is 0.0655 e. The van der Waals surface area contributed by atoms with Gasteiger partial charge in [0.15, 0.2) is 0 Å². The third-order valence-corrected chi connectivity index (χ3v) is 3.08. The van der Waals surface area contributed by atoms with Crippen molar-refractivity contribution >= 4 is 0 Å². The van der Waals surface area contributed by atoms with Crippen LogP contribution in [0.2, 0.25) is 0 Å². The van der Waals surface area contributed by atoms with Crippen molar-refractivity contribution in [3.8, 4) is 12.1 Å². The minimum absolute atomic E-state index is 0. The van der Waals surface area contributed by atoms with Crippen molar-refractivity contribution in [3.05, 3.63) is 0 Å². The predicted molar refractivity (Wildman–Crippen MR) is 55.1 cm³/mol. The Balaban J connectivity index is 0.000000245. The average Bonchev–Trinajstić information content (AvgIpc) is 2.92. The first-order chi connectivity index (χ1) is 6.86. The Bertz CT molecular complexity index is 201. The average molecular weight is 246 g/mol. The van der Waals surface area contributed by atoms with Gasteiger partial charge in [0.05, 0.1) is 12.1 Å². The van der Waals surface area contributed by atoms with Crippen LogP contribution in [-0.2, 0) is 17.1 Å². The van der Waals surface area contributed by atoms with Gasteiger partial charge in [-0.25, -0.2) is 0 Å². The molecule has 0 unspecified atom stereocenters. The summed E-state index contributed by atoms with van der Waals surface area (Å²) in [6, 6.07) is 4.53. The molecule has 0 aromatic carbocycles. The third-order valence-electron chi connectivity index (χ3n) is 3.08. The second kappa shape index (κ2) is 8.78. The van der Waals surface area contributed by atoms with Gasteiger partial charge in [0, 0.05) is 28.9 Å². The Morgan fingerprint density at radius 2 is 0.933 bits per heavy atom. The molecule has 0 heterocycles. The molecule has 0 N–H and O–H groups in total. The minimum Gasteiger partial charge on any atom is -0.198 e. The van der Waals surface area contributed by atoms with Gasteiger partial charge >= 0.3 is 0 Å². The van der Waals surface area contributed by atoms with E-state index in [1.807, 2.05) is 0 Å². The van der Waals surface area contributed by atoms with E-state index in [2.05, 4.69) is 12.1 Å². The van der Waals surface area contributed by atoms with Crippen LogP contribution in [0.4, 0.5) is 0 Å². The van der Waals surface area contributed by atoms with Crippen LogP contribution in [0, 0.1) is 34.5 Å². The molecule has 0 aromatic heterocycles. The third kappa shape index (κ3) is 5.83. The standard InChI is InChI=1S/2C6H9N.Fe/c2*7-5-6-3-1-2-4-6;/h2*6H,1-4H2;. The normalized spacial score (nSPS) is 20.7.